The van der Waals surface area contributed by atoms with E-state index in [1.807, 2.05) is 0 Å². The zero-order chi connectivity index (χ0) is 13.1. The van der Waals surface area contributed by atoms with Crippen LogP contribution in [0.25, 0.3) is 0 Å². The molecule has 0 spiro atoms. The van der Waals surface area contributed by atoms with Crippen LogP contribution in [0.4, 0.5) is 13.2 Å². The summed E-state index contributed by atoms with van der Waals surface area (Å²) >= 11 is 0. The van der Waals surface area contributed by atoms with Crippen molar-refractivity contribution in [1.29, 1.82) is 5.26 Å². The first-order valence-corrected chi connectivity index (χ1v) is 5.68. The van der Waals surface area contributed by atoms with Crippen LogP contribution in [-0.2, 0) is 0 Å². The lowest BCUT2D eigenvalue weighted by Crippen LogP contribution is -2.50. The zero-order valence-corrected chi connectivity index (χ0v) is 10.1. The fourth-order valence-electron chi connectivity index (χ4n) is 1.73. The van der Waals surface area contributed by atoms with Crippen LogP contribution < -0.4 is 5.32 Å². The minimum absolute atomic E-state index is 0.0763. The van der Waals surface area contributed by atoms with E-state index >= 15 is 0 Å². The summed E-state index contributed by atoms with van der Waals surface area (Å²) < 4.78 is 36.1. The first-order chi connectivity index (χ1) is 7.74. The maximum absolute atomic E-state index is 12.0. The summed E-state index contributed by atoms with van der Waals surface area (Å²) in [5.74, 6) is 0. The highest BCUT2D eigenvalue weighted by molar-refractivity contribution is 5.08. The Balaban J connectivity index is 2.36. The second-order valence-corrected chi connectivity index (χ2v) is 4.97. The number of halogens is 3. The summed E-state index contributed by atoms with van der Waals surface area (Å²) in [7, 11) is 1.61. The average molecular weight is 249 g/mol. The van der Waals surface area contributed by atoms with Crippen LogP contribution in [0.15, 0.2) is 0 Å². The molecule has 0 amide bonds. The van der Waals surface area contributed by atoms with E-state index in [0.29, 0.717) is 12.6 Å². The topological polar surface area (TPSA) is 39.1 Å². The van der Waals surface area contributed by atoms with Crippen LogP contribution in [0.1, 0.15) is 26.2 Å². The van der Waals surface area contributed by atoms with Crippen LogP contribution in [0.3, 0.4) is 0 Å². The zero-order valence-electron chi connectivity index (χ0n) is 10.1. The second-order valence-electron chi connectivity index (χ2n) is 4.97. The molecule has 0 saturated heterocycles. The Morgan fingerprint density at radius 3 is 2.41 bits per heavy atom. The van der Waals surface area contributed by atoms with Gasteiger partial charge in [0.2, 0.25) is 0 Å². The molecule has 3 nitrogen and oxygen atoms in total. The Hall–Kier alpha value is -0.800. The van der Waals surface area contributed by atoms with E-state index in [0.717, 1.165) is 12.8 Å². The lowest BCUT2D eigenvalue weighted by atomic mass is 10.0. The fourth-order valence-corrected chi connectivity index (χ4v) is 1.73. The minimum atomic E-state index is -4.14. The van der Waals surface area contributed by atoms with Gasteiger partial charge < -0.3 is 4.90 Å². The molecule has 1 aliphatic carbocycles. The SMILES string of the molecule is CN(CCC(F)(F)F)CC(C)(C#N)NC1CC1. The fraction of sp³-hybridized carbons (Fsp3) is 0.909. The number of nitrogens with zero attached hydrogens (tertiary/aromatic N) is 2. The van der Waals surface area contributed by atoms with Gasteiger partial charge in [-0.1, -0.05) is 0 Å². The third-order valence-electron chi connectivity index (χ3n) is 2.71. The van der Waals surface area contributed by atoms with Crippen molar-refractivity contribution >= 4 is 0 Å². The van der Waals surface area contributed by atoms with Gasteiger partial charge in [-0.05, 0) is 26.8 Å². The van der Waals surface area contributed by atoms with Crippen LogP contribution >= 0.6 is 0 Å². The molecule has 0 aromatic heterocycles. The molecule has 1 aliphatic rings. The molecule has 1 unspecified atom stereocenters. The summed E-state index contributed by atoms with van der Waals surface area (Å²) in [6.07, 6.45) is -2.89. The first kappa shape index (κ1) is 14.3. The van der Waals surface area contributed by atoms with Crippen LogP contribution in [0.2, 0.25) is 0 Å². The van der Waals surface area contributed by atoms with Gasteiger partial charge in [0.1, 0.15) is 5.54 Å². The van der Waals surface area contributed by atoms with Gasteiger partial charge in [-0.3, -0.25) is 5.32 Å². The van der Waals surface area contributed by atoms with Gasteiger partial charge in [0.05, 0.1) is 12.5 Å². The van der Waals surface area contributed by atoms with E-state index in [4.69, 9.17) is 5.26 Å². The lowest BCUT2D eigenvalue weighted by molar-refractivity contribution is -0.137. The van der Waals surface area contributed by atoms with Crippen molar-refractivity contribution in [3.05, 3.63) is 0 Å². The standard InChI is InChI=1S/C11H18F3N3/c1-10(7-15,16-9-3-4-9)8-17(2)6-5-11(12,13)14/h9,16H,3-6,8H2,1-2H3. The number of rotatable bonds is 6. The molecule has 0 aliphatic heterocycles. The molecular formula is C11H18F3N3. The molecule has 1 rings (SSSR count). The Morgan fingerprint density at radius 1 is 1.41 bits per heavy atom. The summed E-state index contributed by atoms with van der Waals surface area (Å²) in [6, 6.07) is 2.50. The van der Waals surface area contributed by atoms with Gasteiger partial charge >= 0.3 is 6.18 Å². The van der Waals surface area contributed by atoms with Gasteiger partial charge in [-0.15, -0.1) is 0 Å². The van der Waals surface area contributed by atoms with E-state index in [-0.39, 0.29) is 6.54 Å². The summed E-state index contributed by atoms with van der Waals surface area (Å²) in [5, 5.41) is 12.2. The van der Waals surface area contributed by atoms with Crippen molar-refractivity contribution in [2.24, 2.45) is 0 Å². The number of alkyl halides is 3. The summed E-state index contributed by atoms with van der Waals surface area (Å²) in [4.78, 5) is 1.55. The van der Waals surface area contributed by atoms with Gasteiger partial charge in [-0.25, -0.2) is 0 Å². The number of nitrogens with one attached hydrogen (secondary N) is 1. The first-order valence-electron chi connectivity index (χ1n) is 5.68. The highest BCUT2D eigenvalue weighted by atomic mass is 19.4. The highest BCUT2D eigenvalue weighted by Crippen LogP contribution is 2.23. The van der Waals surface area contributed by atoms with Crippen LogP contribution in [-0.4, -0.2) is 42.8 Å². The van der Waals surface area contributed by atoms with Gasteiger partial charge in [0.15, 0.2) is 0 Å². The van der Waals surface area contributed by atoms with E-state index in [2.05, 4.69) is 11.4 Å². The summed E-state index contributed by atoms with van der Waals surface area (Å²) in [5.41, 5.74) is -0.762. The van der Waals surface area contributed by atoms with Gasteiger partial charge in [-0.2, -0.15) is 18.4 Å². The molecule has 17 heavy (non-hydrogen) atoms. The molecule has 98 valence electrons. The van der Waals surface area contributed by atoms with Crippen molar-refractivity contribution < 1.29 is 13.2 Å². The number of hydrogen-bond acceptors (Lipinski definition) is 3. The Morgan fingerprint density at radius 2 is 2.00 bits per heavy atom. The third-order valence-corrected chi connectivity index (χ3v) is 2.71. The average Bonchev–Trinajstić information content (AvgIpc) is 2.97. The maximum Gasteiger partial charge on any atom is 0.390 e. The third kappa shape index (κ3) is 5.89. The molecular weight excluding hydrogens is 231 g/mol. The van der Waals surface area contributed by atoms with Crippen LogP contribution in [0, 0.1) is 11.3 Å². The van der Waals surface area contributed by atoms with Gasteiger partial charge in [0.25, 0.3) is 0 Å². The van der Waals surface area contributed by atoms with E-state index in [1.165, 1.54) is 0 Å². The smallest absolute Gasteiger partial charge is 0.303 e. The maximum atomic E-state index is 12.0. The number of nitriles is 1. The Kier molecular flexibility index (Phi) is 4.39. The molecule has 0 bridgehead atoms. The molecule has 1 atom stereocenters. The second kappa shape index (κ2) is 5.23. The van der Waals surface area contributed by atoms with Crippen molar-refractivity contribution in [3.63, 3.8) is 0 Å². The predicted molar refractivity (Wildman–Crippen MR) is 58.3 cm³/mol. The molecule has 1 fully saturated rings. The summed E-state index contributed by atoms with van der Waals surface area (Å²) in [6.45, 7) is 1.96. The van der Waals surface area contributed by atoms with Crippen LogP contribution in [0.5, 0.6) is 0 Å². The quantitative estimate of drug-likeness (QED) is 0.781. The Bertz CT molecular complexity index is 293. The molecule has 0 radical (unpaired) electrons. The highest BCUT2D eigenvalue weighted by Gasteiger charge is 2.34. The molecule has 0 heterocycles. The number of likely N-dealkylation sites (N-methyl/N-ethyl adjacent to an activating group) is 1. The van der Waals surface area contributed by atoms with Crippen molar-refractivity contribution in [2.45, 2.75) is 43.9 Å². The van der Waals surface area contributed by atoms with E-state index in [9.17, 15) is 13.2 Å². The predicted octanol–water partition coefficient (Wildman–Crippen LogP) is 1.90. The number of hydrogen-bond donors (Lipinski definition) is 1. The molecule has 6 heteroatoms. The Labute approximate surface area is 99.6 Å². The normalized spacial score (nSPS) is 20.1. The van der Waals surface area contributed by atoms with Gasteiger partial charge in [0, 0.05) is 19.1 Å². The van der Waals surface area contributed by atoms with Crippen molar-refractivity contribution in [1.82, 2.24) is 10.2 Å². The van der Waals surface area contributed by atoms with E-state index in [1.54, 1.807) is 18.9 Å². The monoisotopic (exact) mass is 249 g/mol. The van der Waals surface area contributed by atoms with Crippen molar-refractivity contribution in [2.75, 3.05) is 20.1 Å². The molecule has 1 saturated carbocycles. The molecule has 1 N–H and O–H groups in total. The largest absolute Gasteiger partial charge is 0.390 e. The minimum Gasteiger partial charge on any atom is -0.303 e. The molecule has 0 aromatic carbocycles. The van der Waals surface area contributed by atoms with Crippen molar-refractivity contribution in [3.8, 4) is 6.07 Å². The van der Waals surface area contributed by atoms with E-state index < -0.39 is 18.1 Å². The lowest BCUT2D eigenvalue weighted by Gasteiger charge is -2.29. The molecule has 0 aromatic rings.